The fourth-order valence-corrected chi connectivity index (χ4v) is 1.42. The van der Waals surface area contributed by atoms with Gasteiger partial charge in [0.15, 0.2) is 5.69 Å². The number of pyridine rings is 1. The van der Waals surface area contributed by atoms with Gasteiger partial charge in [-0.15, -0.1) is 0 Å². The molecule has 0 radical (unpaired) electrons. The Balaban J connectivity index is 2.30. The molecule has 2 aromatic rings. The number of nitriles is 1. The molecule has 0 aliphatic carbocycles. The number of rotatable bonds is 0. The minimum absolute atomic E-state index is 0.193. The molecule has 0 saturated heterocycles. The van der Waals surface area contributed by atoms with Gasteiger partial charge in [0.1, 0.15) is 11.8 Å². The number of aromatic nitrogens is 1. The number of hydrogen-bond donors (Lipinski definition) is 1. The van der Waals surface area contributed by atoms with Gasteiger partial charge >= 0.3 is 0 Å². The fourth-order valence-electron chi connectivity index (χ4n) is 1.30. The van der Waals surface area contributed by atoms with Gasteiger partial charge in [-0.3, -0.25) is 0 Å². The summed E-state index contributed by atoms with van der Waals surface area (Å²) < 4.78 is 0. The minimum Gasteiger partial charge on any atom is -0.396 e. The van der Waals surface area contributed by atoms with Crippen LogP contribution in [0.2, 0.25) is 5.02 Å². The van der Waals surface area contributed by atoms with Crippen LogP contribution in [0.15, 0.2) is 36.4 Å². The van der Waals surface area contributed by atoms with Gasteiger partial charge in [-0.1, -0.05) is 17.5 Å². The molecule has 0 bridgehead atoms. The van der Waals surface area contributed by atoms with E-state index < -0.39 is 0 Å². The van der Waals surface area contributed by atoms with Crippen LogP contribution in [0.4, 0.5) is 5.69 Å². The van der Waals surface area contributed by atoms with Crippen LogP contribution in [0.1, 0.15) is 17.0 Å². The van der Waals surface area contributed by atoms with Gasteiger partial charge < -0.3 is 5.73 Å². The SMILES string of the molecule is N#Cc1nc(C#Cc2ccc(Cl)cc2)ccc1N. The molecule has 0 spiro atoms. The molecule has 18 heavy (non-hydrogen) atoms. The summed E-state index contributed by atoms with van der Waals surface area (Å²) in [5, 5.41) is 9.47. The highest BCUT2D eigenvalue weighted by atomic mass is 35.5. The van der Waals surface area contributed by atoms with Gasteiger partial charge in [0, 0.05) is 10.6 Å². The first-order chi connectivity index (χ1) is 8.69. The average molecular weight is 254 g/mol. The molecule has 0 atom stereocenters. The Kier molecular flexibility index (Phi) is 3.48. The van der Waals surface area contributed by atoms with E-state index in [1.165, 1.54) is 0 Å². The number of hydrogen-bond acceptors (Lipinski definition) is 3. The van der Waals surface area contributed by atoms with Gasteiger partial charge in [0.2, 0.25) is 0 Å². The Labute approximate surface area is 110 Å². The lowest BCUT2D eigenvalue weighted by atomic mass is 10.2. The van der Waals surface area contributed by atoms with E-state index in [-0.39, 0.29) is 5.69 Å². The zero-order valence-corrected chi connectivity index (χ0v) is 10.1. The van der Waals surface area contributed by atoms with Gasteiger partial charge in [0.25, 0.3) is 0 Å². The molecule has 0 saturated carbocycles. The second-order valence-corrected chi connectivity index (χ2v) is 3.94. The minimum atomic E-state index is 0.193. The van der Waals surface area contributed by atoms with E-state index in [9.17, 15) is 0 Å². The van der Waals surface area contributed by atoms with E-state index in [1.807, 2.05) is 18.2 Å². The maximum absolute atomic E-state index is 8.80. The van der Waals surface area contributed by atoms with Crippen molar-refractivity contribution in [3.8, 4) is 17.9 Å². The quantitative estimate of drug-likeness (QED) is 0.734. The molecule has 0 aliphatic heterocycles. The standard InChI is InChI=1S/C14H8ClN3/c15-11-4-1-10(2-5-11)3-6-12-7-8-13(17)14(9-16)18-12/h1-2,4-5,7-8H,17H2. The molecule has 0 amide bonds. The molecule has 3 nitrogen and oxygen atoms in total. The zero-order chi connectivity index (χ0) is 13.0. The largest absolute Gasteiger partial charge is 0.396 e. The zero-order valence-electron chi connectivity index (χ0n) is 9.31. The van der Waals surface area contributed by atoms with Gasteiger partial charge in [-0.05, 0) is 42.3 Å². The first kappa shape index (κ1) is 12.0. The van der Waals surface area contributed by atoms with Crippen LogP contribution in [0.25, 0.3) is 0 Å². The topological polar surface area (TPSA) is 62.7 Å². The Bertz CT molecular complexity index is 673. The molecule has 1 aromatic heterocycles. The van der Waals surface area contributed by atoms with Crippen LogP contribution in [0.5, 0.6) is 0 Å². The molecule has 1 aromatic carbocycles. The predicted octanol–water partition coefficient (Wildman–Crippen LogP) is 2.59. The Morgan fingerprint density at radius 2 is 1.78 bits per heavy atom. The molecule has 0 unspecified atom stereocenters. The fraction of sp³-hybridized carbons (Fsp3) is 0. The summed E-state index contributed by atoms with van der Waals surface area (Å²) in [5.41, 5.74) is 7.46. The van der Waals surface area contributed by atoms with E-state index in [1.54, 1.807) is 24.3 Å². The molecule has 4 heteroatoms. The summed E-state index contributed by atoms with van der Waals surface area (Å²) in [6, 6.07) is 12.4. The van der Waals surface area contributed by atoms with Crippen molar-refractivity contribution in [3.05, 3.63) is 58.4 Å². The van der Waals surface area contributed by atoms with E-state index in [0.29, 0.717) is 16.4 Å². The first-order valence-electron chi connectivity index (χ1n) is 5.13. The van der Waals surface area contributed by atoms with Gasteiger partial charge in [-0.25, -0.2) is 4.98 Å². The predicted molar refractivity (Wildman–Crippen MR) is 70.8 cm³/mol. The van der Waals surface area contributed by atoms with Crippen LogP contribution in [0.3, 0.4) is 0 Å². The third kappa shape index (κ3) is 2.79. The van der Waals surface area contributed by atoms with E-state index in [4.69, 9.17) is 22.6 Å². The van der Waals surface area contributed by atoms with Crippen LogP contribution >= 0.6 is 11.6 Å². The summed E-state index contributed by atoms with van der Waals surface area (Å²) in [6.07, 6.45) is 0. The lowest BCUT2D eigenvalue weighted by Crippen LogP contribution is -1.95. The normalized spacial score (nSPS) is 9.11. The van der Waals surface area contributed by atoms with E-state index in [2.05, 4.69) is 16.8 Å². The number of nitrogen functional groups attached to an aromatic ring is 1. The van der Waals surface area contributed by atoms with E-state index in [0.717, 1.165) is 5.56 Å². The summed E-state index contributed by atoms with van der Waals surface area (Å²) in [4.78, 5) is 4.04. The molecule has 2 rings (SSSR count). The summed E-state index contributed by atoms with van der Waals surface area (Å²) in [6.45, 7) is 0. The third-order valence-electron chi connectivity index (χ3n) is 2.21. The number of benzene rings is 1. The highest BCUT2D eigenvalue weighted by Crippen LogP contribution is 2.10. The van der Waals surface area contributed by atoms with Crippen molar-refractivity contribution in [1.29, 1.82) is 5.26 Å². The van der Waals surface area contributed by atoms with Crippen molar-refractivity contribution < 1.29 is 0 Å². The van der Waals surface area contributed by atoms with Crippen molar-refractivity contribution in [2.24, 2.45) is 0 Å². The van der Waals surface area contributed by atoms with Crippen molar-refractivity contribution >= 4 is 17.3 Å². The molecular formula is C14H8ClN3. The average Bonchev–Trinajstić information content (AvgIpc) is 2.39. The van der Waals surface area contributed by atoms with Crippen molar-refractivity contribution in [1.82, 2.24) is 4.98 Å². The van der Waals surface area contributed by atoms with Gasteiger partial charge in [0.05, 0.1) is 5.69 Å². The Hall–Kier alpha value is -2.49. The summed E-state index contributed by atoms with van der Waals surface area (Å²) in [7, 11) is 0. The molecule has 1 heterocycles. The lowest BCUT2D eigenvalue weighted by molar-refractivity contribution is 1.24. The number of halogens is 1. The molecule has 0 fully saturated rings. The third-order valence-corrected chi connectivity index (χ3v) is 2.46. The molecule has 2 N–H and O–H groups in total. The van der Waals surface area contributed by atoms with E-state index >= 15 is 0 Å². The second-order valence-electron chi connectivity index (χ2n) is 3.50. The second kappa shape index (κ2) is 5.23. The highest BCUT2D eigenvalue weighted by molar-refractivity contribution is 6.30. The summed E-state index contributed by atoms with van der Waals surface area (Å²) in [5.74, 6) is 5.81. The maximum Gasteiger partial charge on any atom is 0.164 e. The van der Waals surface area contributed by atoms with Gasteiger partial charge in [-0.2, -0.15) is 5.26 Å². The van der Waals surface area contributed by atoms with Crippen molar-refractivity contribution in [2.75, 3.05) is 5.73 Å². The molecular weight excluding hydrogens is 246 g/mol. The smallest absolute Gasteiger partial charge is 0.164 e. The van der Waals surface area contributed by atoms with Crippen LogP contribution < -0.4 is 5.73 Å². The van der Waals surface area contributed by atoms with Crippen LogP contribution in [0, 0.1) is 23.2 Å². The monoisotopic (exact) mass is 253 g/mol. The Morgan fingerprint density at radius 3 is 2.44 bits per heavy atom. The van der Waals surface area contributed by atoms with Crippen molar-refractivity contribution in [2.45, 2.75) is 0 Å². The summed E-state index contributed by atoms with van der Waals surface area (Å²) >= 11 is 5.78. The van der Waals surface area contributed by atoms with Crippen LogP contribution in [-0.4, -0.2) is 4.98 Å². The first-order valence-corrected chi connectivity index (χ1v) is 5.51. The number of nitrogens with two attached hydrogens (primary N) is 1. The van der Waals surface area contributed by atoms with Crippen LogP contribution in [-0.2, 0) is 0 Å². The molecule has 86 valence electrons. The van der Waals surface area contributed by atoms with Crippen molar-refractivity contribution in [3.63, 3.8) is 0 Å². The number of nitrogens with zero attached hydrogens (tertiary/aromatic N) is 2. The molecule has 0 aliphatic rings. The Morgan fingerprint density at radius 1 is 1.06 bits per heavy atom. The highest BCUT2D eigenvalue weighted by Gasteiger charge is 1.99. The maximum atomic E-state index is 8.80. The number of anilines is 1. The lowest BCUT2D eigenvalue weighted by Gasteiger charge is -1.95.